The maximum Gasteiger partial charge on any atom is 0.219 e. The highest BCUT2D eigenvalue weighted by atomic mass is 16.5. The van der Waals surface area contributed by atoms with Gasteiger partial charge in [-0.15, -0.1) is 10.2 Å². The third-order valence-corrected chi connectivity index (χ3v) is 2.43. The molecule has 96 valence electrons. The van der Waals surface area contributed by atoms with Crippen molar-refractivity contribution in [2.45, 2.75) is 19.3 Å². The number of nitrogens with zero attached hydrogens (tertiary/aromatic N) is 2. The summed E-state index contributed by atoms with van der Waals surface area (Å²) >= 11 is 0. The van der Waals surface area contributed by atoms with E-state index in [2.05, 4.69) is 10.2 Å². The molecule has 1 aromatic heterocycles. The Bertz CT molecular complexity index is 456. The van der Waals surface area contributed by atoms with Gasteiger partial charge in [0.25, 0.3) is 0 Å². The van der Waals surface area contributed by atoms with E-state index in [1.54, 1.807) is 0 Å². The van der Waals surface area contributed by atoms with Gasteiger partial charge in [-0.25, -0.2) is 0 Å². The Balaban J connectivity index is 1.75. The van der Waals surface area contributed by atoms with Gasteiger partial charge in [0.15, 0.2) is 0 Å². The molecule has 0 radical (unpaired) electrons. The van der Waals surface area contributed by atoms with E-state index >= 15 is 0 Å². The van der Waals surface area contributed by atoms with E-state index in [9.17, 15) is 0 Å². The molecular formula is C13H17N3O2. The van der Waals surface area contributed by atoms with Crippen molar-refractivity contribution in [3.8, 4) is 5.75 Å². The fourth-order valence-corrected chi connectivity index (χ4v) is 1.52. The quantitative estimate of drug-likeness (QED) is 0.804. The minimum absolute atomic E-state index is 0.530. The molecule has 1 aromatic carbocycles. The van der Waals surface area contributed by atoms with Crippen LogP contribution in [0.1, 0.15) is 18.2 Å². The van der Waals surface area contributed by atoms with E-state index in [0.717, 1.165) is 18.6 Å². The summed E-state index contributed by atoms with van der Waals surface area (Å²) in [5, 5.41) is 7.91. The molecule has 0 spiro atoms. The Morgan fingerprint density at radius 2 is 1.78 bits per heavy atom. The van der Waals surface area contributed by atoms with Gasteiger partial charge in [0.2, 0.25) is 11.8 Å². The molecule has 5 nitrogen and oxygen atoms in total. The van der Waals surface area contributed by atoms with Gasteiger partial charge in [0.1, 0.15) is 5.75 Å². The van der Waals surface area contributed by atoms with Gasteiger partial charge >= 0.3 is 0 Å². The first kappa shape index (κ1) is 12.6. The number of nitrogens with two attached hydrogens (primary N) is 1. The average molecular weight is 247 g/mol. The van der Waals surface area contributed by atoms with Gasteiger partial charge < -0.3 is 14.9 Å². The van der Waals surface area contributed by atoms with Crippen molar-refractivity contribution < 1.29 is 9.15 Å². The number of ether oxygens (including phenoxy) is 1. The monoisotopic (exact) mass is 247 g/mol. The summed E-state index contributed by atoms with van der Waals surface area (Å²) in [5.41, 5.74) is 5.42. The molecule has 5 heteroatoms. The molecule has 0 bridgehead atoms. The van der Waals surface area contributed by atoms with Crippen LogP contribution < -0.4 is 10.5 Å². The lowest BCUT2D eigenvalue weighted by Crippen LogP contribution is -2.01. The number of hydrogen-bond donors (Lipinski definition) is 1. The Morgan fingerprint density at radius 3 is 2.50 bits per heavy atom. The molecule has 0 fully saturated rings. The van der Waals surface area contributed by atoms with Crippen molar-refractivity contribution >= 4 is 0 Å². The Morgan fingerprint density at radius 1 is 1.06 bits per heavy atom. The minimum Gasteiger partial charge on any atom is -0.493 e. The van der Waals surface area contributed by atoms with Gasteiger partial charge in [0, 0.05) is 6.42 Å². The van der Waals surface area contributed by atoms with Crippen LogP contribution in [0.3, 0.4) is 0 Å². The van der Waals surface area contributed by atoms with E-state index in [1.807, 2.05) is 30.3 Å². The second kappa shape index (κ2) is 6.76. The molecule has 0 atom stereocenters. The number of rotatable bonds is 7. The summed E-state index contributed by atoms with van der Waals surface area (Å²) in [5.74, 6) is 2.11. The van der Waals surface area contributed by atoms with Crippen molar-refractivity contribution in [3.05, 3.63) is 42.1 Å². The molecule has 0 aliphatic heterocycles. The van der Waals surface area contributed by atoms with Crippen molar-refractivity contribution in [2.24, 2.45) is 5.73 Å². The first-order valence-corrected chi connectivity index (χ1v) is 6.07. The number of aryl methyl sites for hydroxylation is 1. The highest BCUT2D eigenvalue weighted by Gasteiger charge is 2.05. The standard InChI is InChI=1S/C13H17N3O2/c14-9-4-7-12-15-16-13(18-12)8-10-17-11-5-2-1-3-6-11/h1-3,5-6H,4,7-10,14H2. The maximum absolute atomic E-state index is 5.55. The third-order valence-electron chi connectivity index (χ3n) is 2.43. The summed E-state index contributed by atoms with van der Waals surface area (Å²) < 4.78 is 11.0. The smallest absolute Gasteiger partial charge is 0.219 e. The summed E-state index contributed by atoms with van der Waals surface area (Å²) in [6.45, 7) is 1.16. The van der Waals surface area contributed by atoms with E-state index in [1.165, 1.54) is 0 Å². The molecule has 0 aliphatic rings. The Hall–Kier alpha value is -1.88. The van der Waals surface area contributed by atoms with Gasteiger partial charge in [-0.3, -0.25) is 0 Å². The lowest BCUT2D eigenvalue weighted by molar-refractivity contribution is 0.303. The van der Waals surface area contributed by atoms with E-state index in [4.69, 9.17) is 14.9 Å². The normalized spacial score (nSPS) is 10.5. The first-order chi connectivity index (χ1) is 8.88. The predicted molar refractivity (Wildman–Crippen MR) is 67.3 cm³/mol. The van der Waals surface area contributed by atoms with Crippen LogP contribution >= 0.6 is 0 Å². The molecule has 0 aliphatic carbocycles. The largest absolute Gasteiger partial charge is 0.493 e. The maximum atomic E-state index is 5.55. The zero-order chi connectivity index (χ0) is 12.6. The van der Waals surface area contributed by atoms with E-state index in [-0.39, 0.29) is 0 Å². The van der Waals surface area contributed by atoms with Crippen LogP contribution in [0.25, 0.3) is 0 Å². The SMILES string of the molecule is NCCCc1nnc(CCOc2ccccc2)o1. The lowest BCUT2D eigenvalue weighted by atomic mass is 10.3. The summed E-state index contributed by atoms with van der Waals surface area (Å²) in [6.07, 6.45) is 2.22. The molecule has 0 amide bonds. The fraction of sp³-hybridized carbons (Fsp3) is 0.385. The van der Waals surface area contributed by atoms with Crippen LogP contribution in [0.15, 0.2) is 34.7 Å². The molecular weight excluding hydrogens is 230 g/mol. The van der Waals surface area contributed by atoms with Crippen LogP contribution in [-0.4, -0.2) is 23.3 Å². The number of para-hydroxylation sites is 1. The molecule has 2 rings (SSSR count). The zero-order valence-corrected chi connectivity index (χ0v) is 10.2. The van der Waals surface area contributed by atoms with Crippen LogP contribution in [0.5, 0.6) is 5.75 Å². The molecule has 1 heterocycles. The number of aromatic nitrogens is 2. The topological polar surface area (TPSA) is 74.2 Å². The predicted octanol–water partition coefficient (Wildman–Crippen LogP) is 1.58. The van der Waals surface area contributed by atoms with Crippen molar-refractivity contribution in [1.29, 1.82) is 0 Å². The van der Waals surface area contributed by atoms with Crippen LogP contribution in [0.4, 0.5) is 0 Å². The van der Waals surface area contributed by atoms with Crippen molar-refractivity contribution in [2.75, 3.05) is 13.2 Å². The molecule has 2 aromatic rings. The van der Waals surface area contributed by atoms with E-state index in [0.29, 0.717) is 31.4 Å². The van der Waals surface area contributed by atoms with Crippen molar-refractivity contribution in [1.82, 2.24) is 10.2 Å². The molecule has 0 unspecified atom stereocenters. The Kier molecular flexibility index (Phi) is 4.72. The average Bonchev–Trinajstić information content (AvgIpc) is 2.85. The zero-order valence-electron chi connectivity index (χ0n) is 10.2. The summed E-state index contributed by atoms with van der Waals surface area (Å²) in [7, 11) is 0. The van der Waals surface area contributed by atoms with Gasteiger partial charge in [-0.1, -0.05) is 18.2 Å². The Labute approximate surface area is 106 Å². The minimum atomic E-state index is 0.530. The highest BCUT2D eigenvalue weighted by Crippen LogP contribution is 2.09. The highest BCUT2D eigenvalue weighted by molar-refractivity contribution is 5.20. The van der Waals surface area contributed by atoms with Crippen molar-refractivity contribution in [3.63, 3.8) is 0 Å². The second-order valence-corrected chi connectivity index (χ2v) is 3.89. The van der Waals surface area contributed by atoms with Gasteiger partial charge in [-0.2, -0.15) is 0 Å². The van der Waals surface area contributed by atoms with Gasteiger partial charge in [0.05, 0.1) is 13.0 Å². The summed E-state index contributed by atoms with van der Waals surface area (Å²) in [4.78, 5) is 0. The third kappa shape index (κ3) is 3.85. The van der Waals surface area contributed by atoms with Crippen LogP contribution in [0, 0.1) is 0 Å². The number of benzene rings is 1. The molecule has 2 N–H and O–H groups in total. The first-order valence-electron chi connectivity index (χ1n) is 6.07. The lowest BCUT2D eigenvalue weighted by Gasteiger charge is -2.02. The van der Waals surface area contributed by atoms with Crippen LogP contribution in [-0.2, 0) is 12.8 Å². The molecule has 0 saturated heterocycles. The second-order valence-electron chi connectivity index (χ2n) is 3.89. The van der Waals surface area contributed by atoms with Gasteiger partial charge in [-0.05, 0) is 25.1 Å². The molecule has 0 saturated carbocycles. The summed E-state index contributed by atoms with van der Waals surface area (Å²) in [6, 6.07) is 9.66. The fourth-order valence-electron chi connectivity index (χ4n) is 1.52. The van der Waals surface area contributed by atoms with E-state index < -0.39 is 0 Å². The van der Waals surface area contributed by atoms with Crippen LogP contribution in [0.2, 0.25) is 0 Å². The number of hydrogen-bond acceptors (Lipinski definition) is 5. The molecule has 18 heavy (non-hydrogen) atoms.